The van der Waals surface area contributed by atoms with Crippen LogP contribution in [0.15, 0.2) is 0 Å². The number of likely N-dealkylation sites (tertiary alicyclic amines) is 1. The summed E-state index contributed by atoms with van der Waals surface area (Å²) >= 11 is 0. The van der Waals surface area contributed by atoms with Crippen LogP contribution in [0, 0.1) is 17.2 Å². The van der Waals surface area contributed by atoms with Gasteiger partial charge >= 0.3 is 12.0 Å². The zero-order valence-electron chi connectivity index (χ0n) is 10.1. The first kappa shape index (κ1) is 13.3. The number of hydrogen-bond acceptors (Lipinski definition) is 3. The van der Waals surface area contributed by atoms with Gasteiger partial charge in [-0.25, -0.2) is 4.79 Å². The van der Waals surface area contributed by atoms with E-state index < -0.39 is 5.97 Å². The van der Waals surface area contributed by atoms with E-state index in [-0.39, 0.29) is 24.4 Å². The van der Waals surface area contributed by atoms with E-state index in [4.69, 9.17) is 10.4 Å². The molecule has 0 spiro atoms. The summed E-state index contributed by atoms with van der Waals surface area (Å²) in [5.74, 6) is -0.760. The molecular weight excluding hydrogens is 222 g/mol. The molecule has 0 aromatic carbocycles. The van der Waals surface area contributed by atoms with E-state index in [9.17, 15) is 9.59 Å². The summed E-state index contributed by atoms with van der Waals surface area (Å²) in [5, 5.41) is 17.1. The number of rotatable bonds is 4. The highest BCUT2D eigenvalue weighted by Gasteiger charge is 2.34. The first-order valence-electron chi connectivity index (χ1n) is 5.56. The fraction of sp³-hybridized carbons (Fsp3) is 0.727. The van der Waals surface area contributed by atoms with Crippen molar-refractivity contribution in [2.75, 3.05) is 20.1 Å². The highest BCUT2D eigenvalue weighted by Crippen LogP contribution is 2.21. The van der Waals surface area contributed by atoms with Gasteiger partial charge in [-0.1, -0.05) is 0 Å². The number of carboxylic acid groups (broad SMARTS) is 1. The normalized spacial score (nSPS) is 16.9. The molecule has 1 aliphatic rings. The SMILES string of the molecule is CC(CC#N)N(C)C(=O)N1CC(CC(=O)O)C1. The van der Waals surface area contributed by atoms with Crippen molar-refractivity contribution in [3.05, 3.63) is 0 Å². The Labute approximate surface area is 100 Å². The molecule has 0 aromatic heterocycles. The number of nitriles is 1. The fourth-order valence-electron chi connectivity index (χ4n) is 1.78. The van der Waals surface area contributed by atoms with Gasteiger partial charge in [0.05, 0.1) is 18.9 Å². The van der Waals surface area contributed by atoms with Gasteiger partial charge in [0.2, 0.25) is 0 Å². The van der Waals surface area contributed by atoms with Crippen molar-refractivity contribution in [2.45, 2.75) is 25.8 Å². The molecule has 6 nitrogen and oxygen atoms in total. The van der Waals surface area contributed by atoms with Crippen LogP contribution < -0.4 is 0 Å². The second kappa shape index (κ2) is 5.53. The monoisotopic (exact) mass is 239 g/mol. The molecule has 0 saturated carbocycles. The second-order valence-electron chi connectivity index (χ2n) is 4.47. The Kier molecular flexibility index (Phi) is 4.32. The summed E-state index contributed by atoms with van der Waals surface area (Å²) in [6, 6.07) is 1.77. The number of nitrogens with zero attached hydrogens (tertiary/aromatic N) is 3. The maximum Gasteiger partial charge on any atom is 0.320 e. The molecule has 6 heteroatoms. The zero-order chi connectivity index (χ0) is 13.0. The van der Waals surface area contributed by atoms with Crippen molar-refractivity contribution in [3.63, 3.8) is 0 Å². The van der Waals surface area contributed by atoms with Crippen molar-refractivity contribution in [2.24, 2.45) is 5.92 Å². The third-order valence-electron chi connectivity index (χ3n) is 3.04. The molecule has 94 valence electrons. The van der Waals surface area contributed by atoms with Gasteiger partial charge in [-0.2, -0.15) is 5.26 Å². The van der Waals surface area contributed by atoms with Crippen LogP contribution in [0.4, 0.5) is 4.79 Å². The first-order chi connectivity index (χ1) is 7.95. The van der Waals surface area contributed by atoms with E-state index in [1.807, 2.05) is 13.0 Å². The highest BCUT2D eigenvalue weighted by atomic mass is 16.4. The summed E-state index contributed by atoms with van der Waals surface area (Å²) in [6.45, 7) is 2.80. The Hall–Kier alpha value is -1.77. The number of carboxylic acids is 1. The van der Waals surface area contributed by atoms with E-state index in [2.05, 4.69) is 0 Å². The predicted molar refractivity (Wildman–Crippen MR) is 60.2 cm³/mol. The van der Waals surface area contributed by atoms with E-state index in [1.54, 1.807) is 11.9 Å². The molecule has 1 N–H and O–H groups in total. The van der Waals surface area contributed by atoms with Crippen LogP contribution >= 0.6 is 0 Å². The number of carbonyl (C=O) groups excluding carboxylic acids is 1. The van der Waals surface area contributed by atoms with Crippen LogP contribution in [0.25, 0.3) is 0 Å². The lowest BCUT2D eigenvalue weighted by atomic mass is 9.97. The minimum atomic E-state index is -0.826. The topological polar surface area (TPSA) is 84.6 Å². The van der Waals surface area contributed by atoms with Gasteiger partial charge in [-0.15, -0.1) is 0 Å². The maximum absolute atomic E-state index is 11.9. The lowest BCUT2D eigenvalue weighted by Gasteiger charge is -2.41. The summed E-state index contributed by atoms with van der Waals surface area (Å²) in [4.78, 5) is 25.5. The largest absolute Gasteiger partial charge is 0.481 e. The van der Waals surface area contributed by atoms with Gasteiger partial charge < -0.3 is 14.9 Å². The average Bonchev–Trinajstić information content (AvgIpc) is 2.20. The van der Waals surface area contributed by atoms with Crippen LogP contribution in [-0.4, -0.2) is 53.1 Å². The first-order valence-corrected chi connectivity index (χ1v) is 5.56. The number of hydrogen-bond donors (Lipinski definition) is 1. The zero-order valence-corrected chi connectivity index (χ0v) is 10.1. The number of aliphatic carboxylic acids is 1. The van der Waals surface area contributed by atoms with Crippen molar-refractivity contribution in [1.29, 1.82) is 5.26 Å². The minimum Gasteiger partial charge on any atom is -0.481 e. The van der Waals surface area contributed by atoms with Crippen LogP contribution in [-0.2, 0) is 4.79 Å². The molecule has 2 amide bonds. The third kappa shape index (κ3) is 3.34. The Bertz CT molecular complexity index is 344. The molecule has 1 atom stereocenters. The Morgan fingerprint density at radius 3 is 2.65 bits per heavy atom. The molecule has 1 unspecified atom stereocenters. The molecule has 1 aliphatic heterocycles. The summed E-state index contributed by atoms with van der Waals surface area (Å²) in [6.07, 6.45) is 0.413. The predicted octanol–water partition coefficient (Wildman–Crippen LogP) is 0.747. The molecule has 0 aromatic rings. The minimum absolute atomic E-state index is 0.0659. The van der Waals surface area contributed by atoms with Gasteiger partial charge in [0.1, 0.15) is 0 Å². The molecule has 1 fully saturated rings. The van der Waals surface area contributed by atoms with Gasteiger partial charge in [0.25, 0.3) is 0 Å². The van der Waals surface area contributed by atoms with E-state index >= 15 is 0 Å². The smallest absolute Gasteiger partial charge is 0.320 e. The summed E-state index contributed by atoms with van der Waals surface area (Å²) in [7, 11) is 1.66. The van der Waals surface area contributed by atoms with E-state index in [0.29, 0.717) is 19.5 Å². The van der Waals surface area contributed by atoms with Crippen LogP contribution in [0.1, 0.15) is 19.8 Å². The lowest BCUT2D eigenvalue weighted by molar-refractivity contribution is -0.139. The second-order valence-corrected chi connectivity index (χ2v) is 4.47. The molecule has 1 saturated heterocycles. The maximum atomic E-state index is 11.9. The number of carbonyl (C=O) groups is 2. The molecular formula is C11H17N3O3. The molecule has 1 rings (SSSR count). The number of urea groups is 1. The number of amides is 2. The summed E-state index contributed by atoms with van der Waals surface area (Å²) < 4.78 is 0. The molecule has 0 radical (unpaired) electrons. The molecule has 0 bridgehead atoms. The highest BCUT2D eigenvalue weighted by molar-refractivity contribution is 5.76. The van der Waals surface area contributed by atoms with Crippen molar-refractivity contribution in [1.82, 2.24) is 9.80 Å². The summed E-state index contributed by atoms with van der Waals surface area (Å²) in [5.41, 5.74) is 0. The molecule has 0 aliphatic carbocycles. The molecule has 17 heavy (non-hydrogen) atoms. The quantitative estimate of drug-likeness (QED) is 0.784. The van der Waals surface area contributed by atoms with Gasteiger partial charge in [-0.05, 0) is 6.92 Å². The standard InChI is InChI=1S/C11H17N3O3/c1-8(3-4-12)13(2)11(17)14-6-9(7-14)5-10(15)16/h8-9H,3,5-7H2,1-2H3,(H,15,16). The molecule has 1 heterocycles. The average molecular weight is 239 g/mol. The van der Waals surface area contributed by atoms with E-state index in [0.717, 1.165) is 0 Å². The van der Waals surface area contributed by atoms with E-state index in [1.165, 1.54) is 4.90 Å². The van der Waals surface area contributed by atoms with Crippen LogP contribution in [0.2, 0.25) is 0 Å². The van der Waals surface area contributed by atoms with Gasteiger partial charge in [-0.3, -0.25) is 4.79 Å². The van der Waals surface area contributed by atoms with Gasteiger partial charge in [0, 0.05) is 32.1 Å². The van der Waals surface area contributed by atoms with Gasteiger partial charge in [0.15, 0.2) is 0 Å². The Morgan fingerprint density at radius 2 is 2.18 bits per heavy atom. The van der Waals surface area contributed by atoms with Crippen molar-refractivity contribution < 1.29 is 14.7 Å². The third-order valence-corrected chi connectivity index (χ3v) is 3.04. The van der Waals surface area contributed by atoms with Crippen LogP contribution in [0.5, 0.6) is 0 Å². The van der Waals surface area contributed by atoms with Crippen LogP contribution in [0.3, 0.4) is 0 Å². The Balaban J connectivity index is 2.36. The lowest BCUT2D eigenvalue weighted by Crippen LogP contribution is -2.55. The van der Waals surface area contributed by atoms with Crippen molar-refractivity contribution in [3.8, 4) is 6.07 Å². The van der Waals surface area contributed by atoms with Crippen molar-refractivity contribution >= 4 is 12.0 Å². The Morgan fingerprint density at radius 1 is 1.59 bits per heavy atom. The fourth-order valence-corrected chi connectivity index (χ4v) is 1.78.